The zero-order valence-corrected chi connectivity index (χ0v) is 18.3. The van der Waals surface area contributed by atoms with Gasteiger partial charge < -0.3 is 24.6 Å². The van der Waals surface area contributed by atoms with Crippen LogP contribution < -0.4 is 15.0 Å². The van der Waals surface area contributed by atoms with Crippen molar-refractivity contribution in [3.63, 3.8) is 0 Å². The Balaban J connectivity index is 1.46. The number of halogens is 1. The number of ether oxygens (including phenoxy) is 2. The summed E-state index contributed by atoms with van der Waals surface area (Å²) in [5.74, 6) is 0.409. The van der Waals surface area contributed by atoms with Crippen LogP contribution in [0, 0.1) is 5.82 Å². The molecular weight excluding hydrogens is 397 g/mol. The van der Waals surface area contributed by atoms with Gasteiger partial charge in [-0.05, 0) is 51.0 Å². The Morgan fingerprint density at radius 3 is 2.55 bits per heavy atom. The predicted octanol–water partition coefficient (Wildman–Crippen LogP) is 4.64. The van der Waals surface area contributed by atoms with Gasteiger partial charge in [0.15, 0.2) is 0 Å². The molecule has 2 amide bonds. The average Bonchev–Trinajstić information content (AvgIpc) is 3.56. The quantitative estimate of drug-likeness (QED) is 0.730. The van der Waals surface area contributed by atoms with E-state index in [4.69, 9.17) is 9.47 Å². The van der Waals surface area contributed by atoms with Crippen molar-refractivity contribution in [1.29, 1.82) is 0 Å². The summed E-state index contributed by atoms with van der Waals surface area (Å²) in [6, 6.07) is 12.5. The maximum Gasteiger partial charge on any atom is 0.322 e. The molecule has 0 bridgehead atoms. The molecule has 1 N–H and O–H groups in total. The van der Waals surface area contributed by atoms with E-state index in [2.05, 4.69) is 5.32 Å². The SMILES string of the molecule is COc1ccccc1CN(C(=O)Nc1ccc(N2CC(C)OC(C)C2)c(F)c1)C1CC1. The molecule has 0 radical (unpaired) electrons. The monoisotopic (exact) mass is 427 g/mol. The third-order valence-corrected chi connectivity index (χ3v) is 5.74. The van der Waals surface area contributed by atoms with Crippen LogP contribution in [0.25, 0.3) is 0 Å². The number of carbonyl (C=O) groups excluding carboxylic acids is 1. The van der Waals surface area contributed by atoms with Crippen molar-refractivity contribution in [2.75, 3.05) is 30.4 Å². The first kappa shape index (κ1) is 21.4. The van der Waals surface area contributed by atoms with E-state index in [1.807, 2.05) is 43.0 Å². The van der Waals surface area contributed by atoms with Crippen molar-refractivity contribution >= 4 is 17.4 Å². The number of amides is 2. The maximum absolute atomic E-state index is 14.9. The van der Waals surface area contributed by atoms with Crippen LogP contribution in [0.1, 0.15) is 32.3 Å². The molecule has 31 heavy (non-hydrogen) atoms. The number of para-hydroxylation sites is 1. The Hall–Kier alpha value is -2.80. The minimum absolute atomic E-state index is 0.0459. The number of nitrogens with one attached hydrogen (secondary N) is 1. The van der Waals surface area contributed by atoms with Gasteiger partial charge in [0, 0.05) is 30.4 Å². The highest BCUT2D eigenvalue weighted by Crippen LogP contribution is 2.32. The summed E-state index contributed by atoms with van der Waals surface area (Å²) in [4.78, 5) is 16.8. The van der Waals surface area contributed by atoms with Crippen LogP contribution in [0.15, 0.2) is 42.5 Å². The van der Waals surface area contributed by atoms with E-state index < -0.39 is 0 Å². The number of morpholine rings is 1. The lowest BCUT2D eigenvalue weighted by Gasteiger charge is -2.37. The Morgan fingerprint density at radius 1 is 1.19 bits per heavy atom. The second-order valence-electron chi connectivity index (χ2n) is 8.43. The maximum atomic E-state index is 14.9. The summed E-state index contributed by atoms with van der Waals surface area (Å²) in [5.41, 5.74) is 1.93. The molecule has 2 aromatic carbocycles. The summed E-state index contributed by atoms with van der Waals surface area (Å²) in [6.45, 7) is 5.71. The summed E-state index contributed by atoms with van der Waals surface area (Å²) < 4.78 is 26.1. The van der Waals surface area contributed by atoms with E-state index >= 15 is 0 Å². The number of methoxy groups -OCH3 is 1. The summed E-state index contributed by atoms with van der Waals surface area (Å²) >= 11 is 0. The number of hydrogen-bond donors (Lipinski definition) is 1. The van der Waals surface area contributed by atoms with E-state index in [0.29, 0.717) is 31.0 Å². The number of carbonyl (C=O) groups is 1. The van der Waals surface area contributed by atoms with Crippen LogP contribution in [0.5, 0.6) is 5.75 Å². The number of rotatable bonds is 6. The number of anilines is 2. The molecule has 2 fully saturated rings. The normalized spacial score (nSPS) is 21.0. The van der Waals surface area contributed by atoms with Crippen molar-refractivity contribution in [3.8, 4) is 5.75 Å². The minimum atomic E-state index is -0.346. The molecule has 0 spiro atoms. The summed E-state index contributed by atoms with van der Waals surface area (Å²) in [7, 11) is 1.63. The molecule has 1 heterocycles. The summed E-state index contributed by atoms with van der Waals surface area (Å²) in [6.07, 6.45) is 2.04. The van der Waals surface area contributed by atoms with Gasteiger partial charge in [0.2, 0.25) is 0 Å². The van der Waals surface area contributed by atoms with Crippen LogP contribution in [-0.4, -0.2) is 49.4 Å². The van der Waals surface area contributed by atoms with E-state index in [9.17, 15) is 9.18 Å². The molecule has 0 aromatic heterocycles. The molecule has 6 nitrogen and oxygen atoms in total. The fourth-order valence-corrected chi connectivity index (χ4v) is 4.18. The number of urea groups is 1. The zero-order valence-electron chi connectivity index (χ0n) is 18.3. The first-order valence-corrected chi connectivity index (χ1v) is 10.8. The molecule has 2 atom stereocenters. The topological polar surface area (TPSA) is 54.0 Å². The predicted molar refractivity (Wildman–Crippen MR) is 119 cm³/mol. The highest BCUT2D eigenvalue weighted by molar-refractivity contribution is 5.90. The Kier molecular flexibility index (Phi) is 6.32. The van der Waals surface area contributed by atoms with Crippen LogP contribution in [-0.2, 0) is 11.3 Å². The lowest BCUT2D eigenvalue weighted by molar-refractivity contribution is -0.00539. The van der Waals surface area contributed by atoms with Gasteiger partial charge in [-0.25, -0.2) is 9.18 Å². The lowest BCUT2D eigenvalue weighted by atomic mass is 10.1. The van der Waals surface area contributed by atoms with E-state index in [1.54, 1.807) is 24.1 Å². The Bertz CT molecular complexity index is 924. The number of hydrogen-bond acceptors (Lipinski definition) is 4. The molecule has 2 aromatic rings. The Labute approximate surface area is 182 Å². The molecular formula is C24H30FN3O3. The fourth-order valence-electron chi connectivity index (χ4n) is 4.18. The summed E-state index contributed by atoms with van der Waals surface area (Å²) in [5, 5.41) is 2.87. The van der Waals surface area contributed by atoms with Gasteiger partial charge in [0.1, 0.15) is 11.6 Å². The van der Waals surface area contributed by atoms with Crippen molar-refractivity contribution in [1.82, 2.24) is 4.90 Å². The van der Waals surface area contributed by atoms with Gasteiger partial charge in [-0.2, -0.15) is 0 Å². The molecule has 1 saturated heterocycles. The van der Waals surface area contributed by atoms with Crippen molar-refractivity contribution in [2.45, 2.75) is 51.5 Å². The van der Waals surface area contributed by atoms with Crippen molar-refractivity contribution in [2.24, 2.45) is 0 Å². The first-order valence-electron chi connectivity index (χ1n) is 10.8. The van der Waals surface area contributed by atoms with Gasteiger partial charge in [-0.15, -0.1) is 0 Å². The third kappa shape index (κ3) is 5.10. The highest BCUT2D eigenvalue weighted by atomic mass is 19.1. The standard InChI is InChI=1S/C24H30FN3O3/c1-16-13-27(14-17(2)31-16)22-11-8-19(12-21(22)25)26-24(29)28(20-9-10-20)15-18-6-4-5-7-23(18)30-3/h4-8,11-12,16-17,20H,9-10,13-15H2,1-3H3,(H,26,29). The van der Waals surface area contributed by atoms with Crippen LogP contribution in [0.2, 0.25) is 0 Å². The zero-order chi connectivity index (χ0) is 22.0. The largest absolute Gasteiger partial charge is 0.496 e. The van der Waals surface area contributed by atoms with E-state index in [0.717, 1.165) is 24.2 Å². The minimum Gasteiger partial charge on any atom is -0.496 e. The smallest absolute Gasteiger partial charge is 0.322 e. The third-order valence-electron chi connectivity index (χ3n) is 5.74. The molecule has 166 valence electrons. The molecule has 2 aliphatic rings. The van der Waals surface area contributed by atoms with Gasteiger partial charge >= 0.3 is 6.03 Å². The van der Waals surface area contributed by atoms with Crippen molar-refractivity contribution < 1.29 is 18.7 Å². The highest BCUT2D eigenvalue weighted by Gasteiger charge is 2.33. The van der Waals surface area contributed by atoms with Crippen LogP contribution in [0.4, 0.5) is 20.6 Å². The lowest BCUT2D eigenvalue weighted by Crippen LogP contribution is -2.45. The molecule has 7 heteroatoms. The molecule has 1 aliphatic heterocycles. The van der Waals surface area contributed by atoms with Gasteiger partial charge in [-0.3, -0.25) is 0 Å². The van der Waals surface area contributed by atoms with Crippen molar-refractivity contribution in [3.05, 3.63) is 53.8 Å². The van der Waals surface area contributed by atoms with Gasteiger partial charge in [0.25, 0.3) is 0 Å². The van der Waals surface area contributed by atoms with E-state index in [1.165, 1.54) is 6.07 Å². The second-order valence-corrected chi connectivity index (χ2v) is 8.43. The van der Waals surface area contributed by atoms with Crippen LogP contribution >= 0.6 is 0 Å². The first-order chi connectivity index (χ1) is 14.9. The number of nitrogens with zero attached hydrogens (tertiary/aromatic N) is 2. The molecule has 4 rings (SSSR count). The Morgan fingerprint density at radius 2 is 1.90 bits per heavy atom. The van der Waals surface area contributed by atoms with Gasteiger partial charge in [-0.1, -0.05) is 18.2 Å². The number of benzene rings is 2. The van der Waals surface area contributed by atoms with E-state index in [-0.39, 0.29) is 30.1 Å². The average molecular weight is 428 g/mol. The molecule has 2 unspecified atom stereocenters. The second kappa shape index (κ2) is 9.14. The van der Waals surface area contributed by atoms with Gasteiger partial charge in [0.05, 0.1) is 31.5 Å². The molecule has 1 saturated carbocycles. The van der Waals surface area contributed by atoms with Crippen LogP contribution in [0.3, 0.4) is 0 Å². The fraction of sp³-hybridized carbons (Fsp3) is 0.458. The molecule has 1 aliphatic carbocycles.